The highest BCUT2D eigenvalue weighted by atomic mass is 79.9. The summed E-state index contributed by atoms with van der Waals surface area (Å²) in [7, 11) is 0. The zero-order valence-electron chi connectivity index (χ0n) is 16.4. The summed E-state index contributed by atoms with van der Waals surface area (Å²) in [6, 6.07) is 8.67. The number of aryl methyl sites for hydroxylation is 1. The average molecular weight is 473 g/mol. The van der Waals surface area contributed by atoms with Gasteiger partial charge in [-0.05, 0) is 50.1 Å². The molecule has 30 heavy (non-hydrogen) atoms. The Balaban J connectivity index is 1.35. The monoisotopic (exact) mass is 472 g/mol. The van der Waals surface area contributed by atoms with Crippen LogP contribution in [0.5, 0.6) is 0 Å². The van der Waals surface area contributed by atoms with E-state index in [1.54, 1.807) is 36.1 Å². The van der Waals surface area contributed by atoms with Gasteiger partial charge in [0.25, 0.3) is 11.5 Å². The smallest absolute Gasteiger partial charge is 0.287 e. The third-order valence-corrected chi connectivity index (χ3v) is 5.73. The minimum absolute atomic E-state index is 0.0191. The van der Waals surface area contributed by atoms with Gasteiger partial charge in [-0.25, -0.2) is 4.98 Å². The molecule has 1 aliphatic rings. The molecule has 0 aliphatic carbocycles. The van der Waals surface area contributed by atoms with Gasteiger partial charge in [0.1, 0.15) is 12.3 Å². The maximum Gasteiger partial charge on any atom is 0.287 e. The number of fused-ring (bicyclic) bond motifs is 1. The first-order chi connectivity index (χ1) is 14.4. The van der Waals surface area contributed by atoms with Crippen LogP contribution in [0.2, 0.25) is 0 Å². The van der Waals surface area contributed by atoms with E-state index in [0.29, 0.717) is 48.4 Å². The second-order valence-electron chi connectivity index (χ2n) is 7.38. The van der Waals surface area contributed by atoms with Gasteiger partial charge in [-0.2, -0.15) is 0 Å². The third kappa shape index (κ3) is 4.30. The zero-order valence-corrected chi connectivity index (χ0v) is 18.0. The summed E-state index contributed by atoms with van der Waals surface area (Å²) in [4.78, 5) is 43.6. The number of aromatic nitrogens is 2. The molecule has 1 N–H and O–H groups in total. The standard InChI is InChI=1S/C21H21BrN4O4/c1-13-2-5-18(30-13)20(28)24-15-6-8-25(9-7-15)19(27)11-26-12-23-17-4-3-14(22)10-16(17)21(26)29/h2-5,10,12,15H,6-9,11H2,1H3,(H,24,28). The van der Waals surface area contributed by atoms with Crippen molar-refractivity contribution in [3.05, 3.63) is 63.0 Å². The lowest BCUT2D eigenvalue weighted by Gasteiger charge is -2.32. The number of hydrogen-bond acceptors (Lipinski definition) is 5. The van der Waals surface area contributed by atoms with E-state index in [2.05, 4.69) is 26.2 Å². The number of hydrogen-bond donors (Lipinski definition) is 1. The van der Waals surface area contributed by atoms with E-state index < -0.39 is 0 Å². The first-order valence-corrected chi connectivity index (χ1v) is 10.5. The van der Waals surface area contributed by atoms with Gasteiger partial charge in [0.05, 0.1) is 17.2 Å². The summed E-state index contributed by atoms with van der Waals surface area (Å²) in [5, 5.41) is 3.42. The van der Waals surface area contributed by atoms with E-state index in [1.165, 1.54) is 10.9 Å². The van der Waals surface area contributed by atoms with E-state index in [9.17, 15) is 14.4 Å². The van der Waals surface area contributed by atoms with Crippen LogP contribution in [0.15, 0.2) is 50.3 Å². The molecule has 0 atom stereocenters. The van der Waals surface area contributed by atoms with Crippen LogP contribution in [-0.4, -0.2) is 45.4 Å². The summed E-state index contributed by atoms with van der Waals surface area (Å²) in [5.41, 5.74) is 0.348. The molecule has 4 rings (SSSR count). The first-order valence-electron chi connectivity index (χ1n) is 9.70. The molecule has 0 spiro atoms. The Morgan fingerprint density at radius 2 is 2.00 bits per heavy atom. The lowest BCUT2D eigenvalue weighted by atomic mass is 10.0. The number of carbonyl (C=O) groups excluding carboxylic acids is 2. The minimum Gasteiger partial charge on any atom is -0.456 e. The van der Waals surface area contributed by atoms with Crippen molar-refractivity contribution in [3.8, 4) is 0 Å². The summed E-state index contributed by atoms with van der Waals surface area (Å²) >= 11 is 3.36. The molecular formula is C21H21BrN4O4. The topological polar surface area (TPSA) is 97.4 Å². The third-order valence-electron chi connectivity index (χ3n) is 5.24. The molecule has 0 bridgehead atoms. The minimum atomic E-state index is -0.245. The number of likely N-dealkylation sites (tertiary alicyclic amines) is 1. The molecule has 8 nitrogen and oxygen atoms in total. The predicted octanol–water partition coefficient (Wildman–Crippen LogP) is 2.48. The molecule has 9 heteroatoms. The Morgan fingerprint density at radius 1 is 1.23 bits per heavy atom. The van der Waals surface area contributed by atoms with Gasteiger partial charge >= 0.3 is 0 Å². The van der Waals surface area contributed by atoms with Crippen LogP contribution < -0.4 is 10.9 Å². The number of amides is 2. The Hall–Kier alpha value is -2.94. The molecule has 156 valence electrons. The molecule has 1 aliphatic heterocycles. The summed E-state index contributed by atoms with van der Waals surface area (Å²) in [6.45, 7) is 2.76. The number of piperidine rings is 1. The van der Waals surface area contributed by atoms with Crippen LogP contribution in [-0.2, 0) is 11.3 Å². The van der Waals surface area contributed by atoms with Gasteiger partial charge in [-0.15, -0.1) is 0 Å². The Kier molecular flexibility index (Phi) is 5.72. The predicted molar refractivity (Wildman–Crippen MR) is 114 cm³/mol. The maximum absolute atomic E-state index is 12.7. The lowest BCUT2D eigenvalue weighted by molar-refractivity contribution is -0.133. The molecule has 1 saturated heterocycles. The van der Waals surface area contributed by atoms with Gasteiger partial charge in [-0.1, -0.05) is 15.9 Å². The number of carbonyl (C=O) groups is 2. The van der Waals surface area contributed by atoms with E-state index in [0.717, 1.165) is 4.47 Å². The number of nitrogens with zero attached hydrogens (tertiary/aromatic N) is 3. The van der Waals surface area contributed by atoms with E-state index in [-0.39, 0.29) is 30.0 Å². The number of nitrogens with one attached hydrogen (secondary N) is 1. The van der Waals surface area contributed by atoms with E-state index in [4.69, 9.17) is 4.42 Å². The fourth-order valence-electron chi connectivity index (χ4n) is 3.58. The number of rotatable bonds is 4. The SMILES string of the molecule is Cc1ccc(C(=O)NC2CCN(C(=O)Cn3cnc4ccc(Br)cc4c3=O)CC2)o1. The van der Waals surface area contributed by atoms with Crippen molar-refractivity contribution in [2.24, 2.45) is 0 Å². The van der Waals surface area contributed by atoms with E-state index in [1.807, 2.05) is 6.07 Å². The van der Waals surface area contributed by atoms with Crippen molar-refractivity contribution in [1.29, 1.82) is 0 Å². The molecule has 3 aromatic rings. The van der Waals surface area contributed by atoms with Crippen LogP contribution >= 0.6 is 15.9 Å². The molecule has 1 aromatic carbocycles. The van der Waals surface area contributed by atoms with Gasteiger partial charge in [-0.3, -0.25) is 19.0 Å². The average Bonchev–Trinajstić information content (AvgIpc) is 3.17. The van der Waals surface area contributed by atoms with Crippen molar-refractivity contribution >= 4 is 38.6 Å². The van der Waals surface area contributed by atoms with Crippen LogP contribution in [0.25, 0.3) is 10.9 Å². The molecule has 3 heterocycles. The van der Waals surface area contributed by atoms with Gasteiger partial charge < -0.3 is 14.6 Å². The van der Waals surface area contributed by atoms with Crippen LogP contribution in [0.3, 0.4) is 0 Å². The fourth-order valence-corrected chi connectivity index (χ4v) is 3.94. The summed E-state index contributed by atoms with van der Waals surface area (Å²) < 4.78 is 7.47. The molecule has 0 unspecified atom stereocenters. The maximum atomic E-state index is 12.7. The Labute approximate surface area is 181 Å². The summed E-state index contributed by atoms with van der Waals surface area (Å²) in [6.07, 6.45) is 2.71. The van der Waals surface area contributed by atoms with Crippen LogP contribution in [0, 0.1) is 6.92 Å². The number of halogens is 1. The van der Waals surface area contributed by atoms with Crippen molar-refractivity contribution in [2.75, 3.05) is 13.1 Å². The van der Waals surface area contributed by atoms with E-state index >= 15 is 0 Å². The fraction of sp³-hybridized carbons (Fsp3) is 0.333. The molecule has 2 aromatic heterocycles. The Morgan fingerprint density at radius 3 is 2.70 bits per heavy atom. The van der Waals surface area contributed by atoms with Crippen molar-refractivity contribution in [1.82, 2.24) is 19.8 Å². The van der Waals surface area contributed by atoms with Crippen LogP contribution in [0.4, 0.5) is 0 Å². The molecule has 2 amide bonds. The van der Waals surface area contributed by atoms with Crippen LogP contribution in [0.1, 0.15) is 29.2 Å². The normalized spacial score (nSPS) is 14.8. The van der Waals surface area contributed by atoms with Crippen molar-refractivity contribution < 1.29 is 14.0 Å². The molecule has 0 radical (unpaired) electrons. The highest BCUT2D eigenvalue weighted by Gasteiger charge is 2.25. The lowest BCUT2D eigenvalue weighted by Crippen LogP contribution is -2.47. The second-order valence-corrected chi connectivity index (χ2v) is 8.29. The van der Waals surface area contributed by atoms with Gasteiger partial charge in [0, 0.05) is 23.6 Å². The quantitative estimate of drug-likeness (QED) is 0.628. The summed E-state index contributed by atoms with van der Waals surface area (Å²) in [5.74, 6) is 0.597. The molecule has 0 saturated carbocycles. The highest BCUT2D eigenvalue weighted by Crippen LogP contribution is 2.16. The van der Waals surface area contributed by atoms with Gasteiger partial charge in [0.2, 0.25) is 5.91 Å². The molecule has 1 fully saturated rings. The Bertz CT molecular complexity index is 1160. The number of benzene rings is 1. The number of furan rings is 1. The van der Waals surface area contributed by atoms with Crippen molar-refractivity contribution in [2.45, 2.75) is 32.4 Å². The first kappa shape index (κ1) is 20.3. The molecular weight excluding hydrogens is 452 g/mol. The largest absolute Gasteiger partial charge is 0.456 e. The van der Waals surface area contributed by atoms with Crippen molar-refractivity contribution in [3.63, 3.8) is 0 Å². The van der Waals surface area contributed by atoms with Gasteiger partial charge in [0.15, 0.2) is 5.76 Å². The highest BCUT2D eigenvalue weighted by molar-refractivity contribution is 9.10. The second kappa shape index (κ2) is 8.43. The zero-order chi connectivity index (χ0) is 21.3.